The van der Waals surface area contributed by atoms with Gasteiger partial charge in [0.2, 0.25) is 0 Å². The Morgan fingerprint density at radius 3 is 1.68 bits per heavy atom. The maximum Gasteiger partial charge on any atom is 0.336 e. The van der Waals surface area contributed by atoms with Crippen molar-refractivity contribution < 1.29 is 30.0 Å². The normalized spacial score (nSPS) is 12.9. The molecule has 38 heavy (non-hydrogen) atoms. The number of rotatable bonds is 24. The minimum Gasteiger partial charge on any atom is -0.478 e. The van der Waals surface area contributed by atoms with E-state index in [9.17, 15) is 30.0 Å². The van der Waals surface area contributed by atoms with Crippen molar-refractivity contribution in [3.8, 4) is 0 Å². The Morgan fingerprint density at radius 1 is 0.684 bits per heavy atom. The summed E-state index contributed by atoms with van der Waals surface area (Å²) in [6.07, 6.45) is 12.4. The fraction of sp³-hybridized carbons (Fsp3) is 0.733. The van der Waals surface area contributed by atoms with Gasteiger partial charge >= 0.3 is 11.9 Å². The first-order valence-corrected chi connectivity index (χ1v) is 16.8. The van der Waals surface area contributed by atoms with Crippen LogP contribution in [0.5, 0.6) is 0 Å². The van der Waals surface area contributed by atoms with E-state index in [1.165, 1.54) is 6.07 Å². The van der Waals surface area contributed by atoms with Crippen LogP contribution in [0.4, 0.5) is 0 Å². The maximum atomic E-state index is 12.1. The molecule has 1 aromatic rings. The van der Waals surface area contributed by atoms with E-state index in [0.717, 1.165) is 106 Å². The molecule has 0 bridgehead atoms. The number of aryl methyl sites for hydroxylation is 1. The van der Waals surface area contributed by atoms with E-state index in [1.807, 2.05) is 0 Å². The molecule has 0 fully saturated rings. The fourth-order valence-corrected chi connectivity index (χ4v) is 6.52. The van der Waals surface area contributed by atoms with Crippen LogP contribution in [0.3, 0.4) is 0 Å². The van der Waals surface area contributed by atoms with E-state index in [-0.39, 0.29) is 23.3 Å². The Kier molecular flexibility index (Phi) is 19.8. The monoisotopic (exact) mass is 570 g/mol. The molecule has 0 aliphatic heterocycles. The van der Waals surface area contributed by atoms with Gasteiger partial charge < -0.3 is 20.4 Å². The zero-order chi connectivity index (χ0) is 28.2. The summed E-state index contributed by atoms with van der Waals surface area (Å²) in [6, 6.07) is 3.21. The first kappa shape index (κ1) is 34.8. The average molecular weight is 571 g/mol. The number of benzene rings is 1. The molecule has 6 nitrogen and oxygen atoms in total. The standard InChI is InChI=1S/C30H50O6S2/c1-3-5-7-12-24(31)17-21-37-19-9-11-23-15-16-27(29(33)34)28(30(35)36)26(23)14-10-20-38-22-18-25(32)13-8-6-4-2/h15-16,24-25,31-32H,3-14,17-22H2,1-2H3,(H,33,34)(H,35,36). The number of carboxylic acids is 2. The minimum atomic E-state index is -1.21. The first-order chi connectivity index (χ1) is 18.3. The number of aromatic carboxylic acids is 2. The molecule has 1 rings (SSSR count). The van der Waals surface area contributed by atoms with Gasteiger partial charge in [-0.05, 0) is 91.6 Å². The summed E-state index contributed by atoms with van der Waals surface area (Å²) in [6.45, 7) is 4.31. The lowest BCUT2D eigenvalue weighted by molar-refractivity contribution is 0.0650. The van der Waals surface area contributed by atoms with Crippen molar-refractivity contribution in [3.63, 3.8) is 0 Å². The third kappa shape index (κ3) is 14.8. The molecule has 0 saturated heterocycles. The Balaban J connectivity index is 2.60. The molecule has 2 atom stereocenters. The molecule has 8 heteroatoms. The zero-order valence-corrected chi connectivity index (χ0v) is 25.1. The summed E-state index contributed by atoms with van der Waals surface area (Å²) in [5, 5.41) is 39.6. The molecule has 0 spiro atoms. The molecular formula is C30H50O6S2. The number of aliphatic hydroxyl groups is 2. The molecular weight excluding hydrogens is 520 g/mol. The van der Waals surface area contributed by atoms with Crippen LogP contribution in [0.25, 0.3) is 0 Å². The van der Waals surface area contributed by atoms with Crippen LogP contribution >= 0.6 is 23.5 Å². The summed E-state index contributed by atoms with van der Waals surface area (Å²) < 4.78 is 0. The molecule has 0 aliphatic carbocycles. The van der Waals surface area contributed by atoms with E-state index in [1.54, 1.807) is 29.6 Å². The number of aliphatic hydroxyl groups excluding tert-OH is 2. The van der Waals surface area contributed by atoms with Gasteiger partial charge in [-0.25, -0.2) is 9.59 Å². The van der Waals surface area contributed by atoms with Gasteiger partial charge in [-0.2, -0.15) is 23.5 Å². The highest BCUT2D eigenvalue weighted by atomic mass is 32.2. The van der Waals surface area contributed by atoms with Gasteiger partial charge in [-0.15, -0.1) is 0 Å². The van der Waals surface area contributed by atoms with E-state index < -0.39 is 11.9 Å². The van der Waals surface area contributed by atoms with Crippen molar-refractivity contribution in [3.05, 3.63) is 34.4 Å². The smallest absolute Gasteiger partial charge is 0.336 e. The number of carboxylic acid groups (broad SMARTS) is 2. The second-order valence-electron chi connectivity index (χ2n) is 10.0. The number of carbonyl (C=O) groups is 2. The molecule has 1 aromatic carbocycles. The highest BCUT2D eigenvalue weighted by Gasteiger charge is 2.22. The van der Waals surface area contributed by atoms with Crippen LogP contribution in [-0.2, 0) is 12.8 Å². The number of hydrogen-bond acceptors (Lipinski definition) is 6. The van der Waals surface area contributed by atoms with Crippen molar-refractivity contribution in [1.82, 2.24) is 0 Å². The van der Waals surface area contributed by atoms with E-state index in [4.69, 9.17) is 0 Å². The average Bonchev–Trinajstić information content (AvgIpc) is 2.88. The second kappa shape index (κ2) is 21.6. The van der Waals surface area contributed by atoms with Crippen LogP contribution in [0.1, 0.15) is 123 Å². The van der Waals surface area contributed by atoms with Gasteiger partial charge in [0.15, 0.2) is 0 Å². The molecule has 0 aromatic heterocycles. The van der Waals surface area contributed by atoms with Crippen molar-refractivity contribution in [2.45, 2.75) is 116 Å². The van der Waals surface area contributed by atoms with Crippen LogP contribution in [-0.4, -0.2) is 67.6 Å². The van der Waals surface area contributed by atoms with E-state index in [0.29, 0.717) is 18.4 Å². The molecule has 0 radical (unpaired) electrons. The predicted molar refractivity (Wildman–Crippen MR) is 161 cm³/mol. The van der Waals surface area contributed by atoms with Crippen molar-refractivity contribution in [1.29, 1.82) is 0 Å². The highest BCUT2D eigenvalue weighted by Crippen LogP contribution is 2.25. The SMILES string of the molecule is CCCCCC(O)CCSCCCc1ccc(C(=O)O)c(C(=O)O)c1CCCSCCC(O)CCCCC. The van der Waals surface area contributed by atoms with Crippen molar-refractivity contribution in [2.24, 2.45) is 0 Å². The summed E-state index contributed by atoms with van der Waals surface area (Å²) in [4.78, 5) is 23.8. The maximum absolute atomic E-state index is 12.1. The van der Waals surface area contributed by atoms with E-state index >= 15 is 0 Å². The third-order valence-electron chi connectivity index (χ3n) is 6.78. The number of unbranched alkanes of at least 4 members (excludes halogenated alkanes) is 4. The number of thioether (sulfide) groups is 2. The van der Waals surface area contributed by atoms with Gasteiger partial charge in [-0.3, -0.25) is 0 Å². The Bertz CT molecular complexity index is 801. The lowest BCUT2D eigenvalue weighted by Gasteiger charge is -2.15. The molecule has 4 N–H and O–H groups in total. The van der Waals surface area contributed by atoms with Gasteiger partial charge in [0.1, 0.15) is 0 Å². The van der Waals surface area contributed by atoms with Gasteiger partial charge in [0, 0.05) is 0 Å². The lowest BCUT2D eigenvalue weighted by atomic mass is 9.91. The predicted octanol–water partition coefficient (Wildman–Crippen LogP) is 7.08. The topological polar surface area (TPSA) is 115 Å². The molecule has 0 heterocycles. The Labute approximate surface area is 238 Å². The summed E-state index contributed by atoms with van der Waals surface area (Å²) in [5.74, 6) is 1.13. The highest BCUT2D eigenvalue weighted by molar-refractivity contribution is 7.99. The van der Waals surface area contributed by atoms with Crippen LogP contribution < -0.4 is 0 Å². The summed E-state index contributed by atoms with van der Waals surface area (Å²) in [7, 11) is 0. The molecule has 218 valence electrons. The van der Waals surface area contributed by atoms with Crippen LogP contribution in [0.15, 0.2) is 12.1 Å². The largest absolute Gasteiger partial charge is 0.478 e. The quantitative estimate of drug-likeness (QED) is 0.0975. The molecule has 2 unspecified atom stereocenters. The van der Waals surface area contributed by atoms with Gasteiger partial charge in [0.05, 0.1) is 23.3 Å². The van der Waals surface area contributed by atoms with Gasteiger partial charge in [0.25, 0.3) is 0 Å². The van der Waals surface area contributed by atoms with Crippen LogP contribution in [0.2, 0.25) is 0 Å². The minimum absolute atomic E-state index is 0.0748. The van der Waals surface area contributed by atoms with Crippen LogP contribution in [0, 0.1) is 0 Å². The van der Waals surface area contributed by atoms with Crippen molar-refractivity contribution in [2.75, 3.05) is 23.0 Å². The number of hydrogen-bond donors (Lipinski definition) is 4. The van der Waals surface area contributed by atoms with E-state index in [2.05, 4.69) is 13.8 Å². The lowest BCUT2D eigenvalue weighted by Crippen LogP contribution is -2.14. The fourth-order valence-electron chi connectivity index (χ4n) is 4.54. The summed E-state index contributed by atoms with van der Waals surface area (Å²) in [5.41, 5.74) is 1.35. The molecule has 0 aliphatic rings. The molecule has 0 amide bonds. The second-order valence-corrected chi connectivity index (χ2v) is 12.5. The Morgan fingerprint density at radius 2 is 1.21 bits per heavy atom. The Hall–Kier alpha value is -1.22. The van der Waals surface area contributed by atoms with Crippen molar-refractivity contribution >= 4 is 35.5 Å². The molecule has 0 saturated carbocycles. The third-order valence-corrected chi connectivity index (χ3v) is 8.98. The zero-order valence-electron chi connectivity index (χ0n) is 23.5. The first-order valence-electron chi connectivity index (χ1n) is 14.4. The van der Waals surface area contributed by atoms with Gasteiger partial charge in [-0.1, -0.05) is 58.4 Å². The summed E-state index contributed by atoms with van der Waals surface area (Å²) >= 11 is 3.56.